The summed E-state index contributed by atoms with van der Waals surface area (Å²) in [5.41, 5.74) is 1.70. The number of rotatable bonds is 4. The Morgan fingerprint density at radius 1 is 1.37 bits per heavy atom. The Hall–Kier alpha value is -1.35. The second-order valence-corrected chi connectivity index (χ2v) is 5.92. The van der Waals surface area contributed by atoms with E-state index < -0.39 is 5.97 Å². The highest BCUT2D eigenvalue weighted by atomic mass is 16.4. The average molecular weight is 261 g/mol. The zero-order valence-corrected chi connectivity index (χ0v) is 11.8. The summed E-state index contributed by atoms with van der Waals surface area (Å²) in [6.45, 7) is 5.43. The highest BCUT2D eigenvalue weighted by Crippen LogP contribution is 2.33. The van der Waals surface area contributed by atoms with Gasteiger partial charge in [0.2, 0.25) is 0 Å². The molecule has 1 aliphatic carbocycles. The third-order valence-corrected chi connectivity index (χ3v) is 4.57. The Kier molecular flexibility index (Phi) is 4.25. The monoisotopic (exact) mass is 261 g/mol. The van der Waals surface area contributed by atoms with E-state index in [1.54, 1.807) is 12.1 Å². The maximum atomic E-state index is 10.8. The fourth-order valence-corrected chi connectivity index (χ4v) is 2.84. The molecule has 19 heavy (non-hydrogen) atoms. The van der Waals surface area contributed by atoms with Crippen LogP contribution >= 0.6 is 0 Å². The molecule has 2 N–H and O–H groups in total. The molecule has 1 aliphatic rings. The molecule has 1 saturated carbocycles. The van der Waals surface area contributed by atoms with Crippen LogP contribution < -0.4 is 5.32 Å². The zero-order valence-electron chi connectivity index (χ0n) is 11.8. The van der Waals surface area contributed by atoms with Crippen LogP contribution in [-0.2, 0) is 6.54 Å². The highest BCUT2D eigenvalue weighted by molar-refractivity contribution is 5.87. The van der Waals surface area contributed by atoms with Crippen molar-refractivity contribution in [2.75, 3.05) is 0 Å². The van der Waals surface area contributed by atoms with E-state index in [1.165, 1.54) is 25.7 Å². The van der Waals surface area contributed by atoms with E-state index in [-0.39, 0.29) is 5.54 Å². The molecular weight excluding hydrogens is 238 g/mol. The van der Waals surface area contributed by atoms with Gasteiger partial charge in [0.05, 0.1) is 5.56 Å². The number of hydrogen-bond donors (Lipinski definition) is 2. The van der Waals surface area contributed by atoms with Crippen molar-refractivity contribution >= 4 is 5.97 Å². The van der Waals surface area contributed by atoms with Crippen molar-refractivity contribution in [3.63, 3.8) is 0 Å². The summed E-state index contributed by atoms with van der Waals surface area (Å²) in [7, 11) is 0. The number of carbonyl (C=O) groups is 1. The summed E-state index contributed by atoms with van der Waals surface area (Å²) >= 11 is 0. The van der Waals surface area contributed by atoms with Crippen molar-refractivity contribution in [2.24, 2.45) is 5.92 Å². The Labute approximate surface area is 115 Å². The lowest BCUT2D eigenvalue weighted by molar-refractivity contribution is 0.0697. The average Bonchev–Trinajstić information content (AvgIpc) is 2.41. The molecule has 0 radical (unpaired) electrons. The number of carboxylic acid groups (broad SMARTS) is 1. The van der Waals surface area contributed by atoms with Crippen molar-refractivity contribution in [1.29, 1.82) is 0 Å². The largest absolute Gasteiger partial charge is 0.478 e. The molecule has 0 heterocycles. The molecule has 2 atom stereocenters. The molecule has 1 aromatic carbocycles. The van der Waals surface area contributed by atoms with Gasteiger partial charge in [-0.15, -0.1) is 0 Å². The van der Waals surface area contributed by atoms with Gasteiger partial charge in [-0.3, -0.25) is 0 Å². The Balaban J connectivity index is 1.96. The topological polar surface area (TPSA) is 49.3 Å². The summed E-state index contributed by atoms with van der Waals surface area (Å²) in [6, 6.07) is 7.14. The van der Waals surface area contributed by atoms with Gasteiger partial charge < -0.3 is 10.4 Å². The van der Waals surface area contributed by atoms with Crippen LogP contribution in [0.3, 0.4) is 0 Å². The minimum absolute atomic E-state index is 0.212. The smallest absolute Gasteiger partial charge is 0.335 e. The molecular formula is C16H23NO2. The molecule has 1 fully saturated rings. The summed E-state index contributed by atoms with van der Waals surface area (Å²) in [6.07, 6.45) is 5.15. The van der Waals surface area contributed by atoms with Gasteiger partial charge in [0, 0.05) is 12.1 Å². The molecule has 2 unspecified atom stereocenters. The third-order valence-electron chi connectivity index (χ3n) is 4.57. The fourth-order valence-electron chi connectivity index (χ4n) is 2.84. The van der Waals surface area contributed by atoms with Gasteiger partial charge in [-0.1, -0.05) is 31.9 Å². The van der Waals surface area contributed by atoms with Gasteiger partial charge in [0.25, 0.3) is 0 Å². The van der Waals surface area contributed by atoms with Crippen LogP contribution in [0.2, 0.25) is 0 Å². The van der Waals surface area contributed by atoms with Crippen LogP contribution in [0.1, 0.15) is 55.5 Å². The van der Waals surface area contributed by atoms with E-state index in [0.29, 0.717) is 11.5 Å². The fraction of sp³-hybridized carbons (Fsp3) is 0.562. The van der Waals surface area contributed by atoms with Gasteiger partial charge >= 0.3 is 5.97 Å². The molecule has 0 amide bonds. The minimum Gasteiger partial charge on any atom is -0.478 e. The quantitative estimate of drug-likeness (QED) is 0.873. The van der Waals surface area contributed by atoms with Crippen molar-refractivity contribution < 1.29 is 9.90 Å². The second kappa shape index (κ2) is 5.74. The van der Waals surface area contributed by atoms with Gasteiger partial charge in [0.1, 0.15) is 0 Å². The van der Waals surface area contributed by atoms with Crippen molar-refractivity contribution in [3.05, 3.63) is 35.4 Å². The number of hydrogen-bond acceptors (Lipinski definition) is 2. The SMILES string of the molecule is CC1CCCCC1(C)NCc1ccc(C(=O)O)cc1. The van der Waals surface area contributed by atoms with Gasteiger partial charge in [0.15, 0.2) is 0 Å². The molecule has 0 spiro atoms. The van der Waals surface area contributed by atoms with E-state index >= 15 is 0 Å². The van der Waals surface area contributed by atoms with Crippen LogP contribution in [-0.4, -0.2) is 16.6 Å². The molecule has 2 rings (SSSR count). The van der Waals surface area contributed by atoms with Gasteiger partial charge in [-0.05, 0) is 43.4 Å². The predicted octanol–water partition coefficient (Wildman–Crippen LogP) is 3.44. The second-order valence-electron chi connectivity index (χ2n) is 5.92. The molecule has 0 aliphatic heterocycles. The van der Waals surface area contributed by atoms with Crippen LogP contribution in [0.25, 0.3) is 0 Å². The van der Waals surface area contributed by atoms with E-state index in [2.05, 4.69) is 19.2 Å². The molecule has 0 saturated heterocycles. The van der Waals surface area contributed by atoms with E-state index in [0.717, 1.165) is 12.1 Å². The lowest BCUT2D eigenvalue weighted by Gasteiger charge is -2.40. The number of carboxylic acids is 1. The Morgan fingerprint density at radius 3 is 2.63 bits per heavy atom. The van der Waals surface area contributed by atoms with E-state index in [9.17, 15) is 4.79 Å². The molecule has 3 nitrogen and oxygen atoms in total. The molecule has 104 valence electrons. The van der Waals surface area contributed by atoms with E-state index in [1.807, 2.05) is 12.1 Å². The third kappa shape index (κ3) is 3.35. The van der Waals surface area contributed by atoms with E-state index in [4.69, 9.17) is 5.11 Å². The van der Waals surface area contributed by atoms with Crippen LogP contribution in [0.4, 0.5) is 0 Å². The minimum atomic E-state index is -0.868. The Morgan fingerprint density at radius 2 is 2.05 bits per heavy atom. The number of nitrogens with one attached hydrogen (secondary N) is 1. The molecule has 0 bridgehead atoms. The first-order chi connectivity index (χ1) is 9.01. The summed E-state index contributed by atoms with van der Waals surface area (Å²) in [5.74, 6) is -0.174. The van der Waals surface area contributed by atoms with Gasteiger partial charge in [-0.2, -0.15) is 0 Å². The lowest BCUT2D eigenvalue weighted by Crippen LogP contribution is -2.49. The number of benzene rings is 1. The maximum absolute atomic E-state index is 10.8. The standard InChI is InChI=1S/C16H23NO2/c1-12-5-3-4-10-16(12,2)17-11-13-6-8-14(9-7-13)15(18)19/h6-9,12,17H,3-5,10-11H2,1-2H3,(H,18,19). The number of aromatic carboxylic acids is 1. The normalized spacial score (nSPS) is 27.2. The first kappa shape index (κ1) is 14.1. The predicted molar refractivity (Wildman–Crippen MR) is 76.3 cm³/mol. The first-order valence-corrected chi connectivity index (χ1v) is 7.08. The maximum Gasteiger partial charge on any atom is 0.335 e. The summed E-state index contributed by atoms with van der Waals surface area (Å²) < 4.78 is 0. The first-order valence-electron chi connectivity index (χ1n) is 7.08. The Bertz CT molecular complexity index is 441. The highest BCUT2D eigenvalue weighted by Gasteiger charge is 2.32. The van der Waals surface area contributed by atoms with Crippen LogP contribution in [0.15, 0.2) is 24.3 Å². The molecule has 3 heteroatoms. The molecule has 0 aromatic heterocycles. The lowest BCUT2D eigenvalue weighted by atomic mass is 9.75. The van der Waals surface area contributed by atoms with Gasteiger partial charge in [-0.25, -0.2) is 4.79 Å². The van der Waals surface area contributed by atoms with Crippen LogP contribution in [0, 0.1) is 5.92 Å². The summed E-state index contributed by atoms with van der Waals surface area (Å²) in [4.78, 5) is 10.8. The molecule has 1 aromatic rings. The van der Waals surface area contributed by atoms with Crippen molar-refractivity contribution in [3.8, 4) is 0 Å². The van der Waals surface area contributed by atoms with Crippen molar-refractivity contribution in [2.45, 2.75) is 51.6 Å². The van der Waals surface area contributed by atoms with Crippen molar-refractivity contribution in [1.82, 2.24) is 5.32 Å². The zero-order chi connectivity index (χ0) is 13.9. The summed E-state index contributed by atoms with van der Waals surface area (Å²) in [5, 5.41) is 12.5. The van der Waals surface area contributed by atoms with Crippen LogP contribution in [0.5, 0.6) is 0 Å².